The molecule has 0 radical (unpaired) electrons. The van der Waals surface area contributed by atoms with Crippen LogP contribution in [0.3, 0.4) is 0 Å². The zero-order chi connectivity index (χ0) is 16.3. The van der Waals surface area contributed by atoms with Crippen LogP contribution in [-0.2, 0) is 21.2 Å². The van der Waals surface area contributed by atoms with E-state index >= 15 is 0 Å². The molecule has 3 rings (SSSR count). The molecule has 2 saturated heterocycles. The predicted molar refractivity (Wildman–Crippen MR) is 89.5 cm³/mol. The Hall–Kier alpha value is -1.40. The number of sulfonamides is 1. The minimum Gasteiger partial charge on any atom is -0.338 e. The van der Waals surface area contributed by atoms with Crippen LogP contribution in [-0.4, -0.2) is 55.0 Å². The van der Waals surface area contributed by atoms with Crippen molar-refractivity contribution in [3.8, 4) is 0 Å². The Kier molecular flexibility index (Phi) is 5.02. The highest BCUT2D eigenvalue weighted by atomic mass is 32.2. The lowest BCUT2D eigenvalue weighted by atomic mass is 9.95. The SMILES string of the molecule is O=C(CN1CCCS1(=O)=O)N1CCCC[C@@H]1Cc1ccccc1. The average Bonchev–Trinajstić information content (AvgIpc) is 2.87. The number of carbonyl (C=O) groups is 1. The largest absolute Gasteiger partial charge is 0.338 e. The summed E-state index contributed by atoms with van der Waals surface area (Å²) >= 11 is 0. The number of hydrogen-bond acceptors (Lipinski definition) is 3. The lowest BCUT2D eigenvalue weighted by molar-refractivity contribution is -0.135. The van der Waals surface area contributed by atoms with Crippen molar-refractivity contribution in [3.05, 3.63) is 35.9 Å². The van der Waals surface area contributed by atoms with Crippen molar-refractivity contribution < 1.29 is 13.2 Å². The van der Waals surface area contributed by atoms with Gasteiger partial charge in [0.1, 0.15) is 0 Å². The smallest absolute Gasteiger partial charge is 0.238 e. The molecule has 2 aliphatic heterocycles. The van der Waals surface area contributed by atoms with Gasteiger partial charge in [-0.3, -0.25) is 4.79 Å². The monoisotopic (exact) mass is 336 g/mol. The second-order valence-electron chi connectivity index (χ2n) is 6.43. The Morgan fingerprint density at radius 3 is 2.57 bits per heavy atom. The van der Waals surface area contributed by atoms with Crippen molar-refractivity contribution in [1.82, 2.24) is 9.21 Å². The van der Waals surface area contributed by atoms with Crippen LogP contribution in [0.5, 0.6) is 0 Å². The molecular formula is C17H24N2O3S. The van der Waals surface area contributed by atoms with E-state index in [1.165, 1.54) is 9.87 Å². The second-order valence-corrected chi connectivity index (χ2v) is 8.52. The van der Waals surface area contributed by atoms with Gasteiger partial charge >= 0.3 is 0 Å². The van der Waals surface area contributed by atoms with Gasteiger partial charge in [-0.05, 0) is 37.7 Å². The third kappa shape index (κ3) is 3.93. The molecule has 2 fully saturated rings. The molecule has 0 saturated carbocycles. The first kappa shape index (κ1) is 16.5. The van der Waals surface area contributed by atoms with Gasteiger partial charge in [0, 0.05) is 19.1 Å². The lowest BCUT2D eigenvalue weighted by Crippen LogP contribution is -2.49. The third-order valence-corrected chi connectivity index (χ3v) is 6.68. The number of likely N-dealkylation sites (tertiary alicyclic amines) is 1. The summed E-state index contributed by atoms with van der Waals surface area (Å²) in [5.41, 5.74) is 1.23. The second kappa shape index (κ2) is 7.01. The Balaban J connectivity index is 1.67. The molecule has 0 spiro atoms. The maximum atomic E-state index is 12.7. The van der Waals surface area contributed by atoms with Crippen LogP contribution in [0.25, 0.3) is 0 Å². The number of rotatable bonds is 4. The number of nitrogens with zero attached hydrogens (tertiary/aromatic N) is 2. The van der Waals surface area contributed by atoms with E-state index in [-0.39, 0.29) is 24.2 Å². The summed E-state index contributed by atoms with van der Waals surface area (Å²) in [6.07, 6.45) is 4.60. The normalized spacial score (nSPS) is 24.7. The van der Waals surface area contributed by atoms with E-state index < -0.39 is 10.0 Å². The molecule has 2 heterocycles. The summed E-state index contributed by atoms with van der Waals surface area (Å²) in [6, 6.07) is 10.4. The summed E-state index contributed by atoms with van der Waals surface area (Å²) in [5.74, 6) is 0.129. The summed E-state index contributed by atoms with van der Waals surface area (Å²) < 4.78 is 25.2. The highest BCUT2D eigenvalue weighted by Crippen LogP contribution is 2.22. The van der Waals surface area contributed by atoms with Crippen molar-refractivity contribution in [3.63, 3.8) is 0 Å². The van der Waals surface area contributed by atoms with Crippen molar-refractivity contribution in [2.75, 3.05) is 25.4 Å². The standard InChI is InChI=1S/C17H24N2O3S/c20-17(14-18-10-6-12-23(18,21)22)19-11-5-4-9-16(19)13-15-7-2-1-3-8-15/h1-3,7-8,16H,4-6,9-14H2/t16-/m1/s1. The maximum absolute atomic E-state index is 12.7. The third-order valence-electron chi connectivity index (χ3n) is 4.78. The van der Waals surface area contributed by atoms with Gasteiger partial charge in [-0.25, -0.2) is 8.42 Å². The highest BCUT2D eigenvalue weighted by molar-refractivity contribution is 7.89. The van der Waals surface area contributed by atoms with Gasteiger partial charge in [-0.1, -0.05) is 30.3 Å². The van der Waals surface area contributed by atoms with Gasteiger partial charge in [0.15, 0.2) is 0 Å². The van der Waals surface area contributed by atoms with E-state index in [2.05, 4.69) is 12.1 Å². The predicted octanol–water partition coefficient (Wildman–Crippen LogP) is 1.65. The molecule has 6 heteroatoms. The Morgan fingerprint density at radius 1 is 1.09 bits per heavy atom. The van der Waals surface area contributed by atoms with Crippen LogP contribution in [0, 0.1) is 0 Å². The Bertz CT molecular complexity index is 645. The van der Waals surface area contributed by atoms with Gasteiger partial charge in [-0.2, -0.15) is 4.31 Å². The molecule has 0 bridgehead atoms. The average molecular weight is 336 g/mol. The van der Waals surface area contributed by atoms with Crippen LogP contribution in [0.1, 0.15) is 31.2 Å². The number of benzene rings is 1. The molecule has 1 amide bonds. The number of piperidine rings is 1. The van der Waals surface area contributed by atoms with Crippen molar-refractivity contribution in [2.24, 2.45) is 0 Å². The quantitative estimate of drug-likeness (QED) is 0.840. The van der Waals surface area contributed by atoms with E-state index in [0.29, 0.717) is 13.0 Å². The number of hydrogen-bond donors (Lipinski definition) is 0. The van der Waals surface area contributed by atoms with Crippen molar-refractivity contribution in [1.29, 1.82) is 0 Å². The molecule has 0 aromatic heterocycles. The first-order valence-corrected chi connectivity index (χ1v) is 9.98. The van der Waals surface area contributed by atoms with Crippen LogP contribution in [0.15, 0.2) is 30.3 Å². The van der Waals surface area contributed by atoms with Crippen LogP contribution in [0.4, 0.5) is 0 Å². The number of amides is 1. The number of carbonyl (C=O) groups excluding carboxylic acids is 1. The van der Waals surface area contributed by atoms with Gasteiger partial charge < -0.3 is 4.90 Å². The van der Waals surface area contributed by atoms with E-state index in [0.717, 1.165) is 32.2 Å². The van der Waals surface area contributed by atoms with Crippen LogP contribution >= 0.6 is 0 Å². The fourth-order valence-corrected chi connectivity index (χ4v) is 5.00. The minimum absolute atomic E-state index is 0.00756. The van der Waals surface area contributed by atoms with E-state index in [4.69, 9.17) is 0 Å². The summed E-state index contributed by atoms with van der Waals surface area (Å²) in [4.78, 5) is 14.6. The van der Waals surface area contributed by atoms with Crippen LogP contribution in [0.2, 0.25) is 0 Å². The minimum atomic E-state index is -3.21. The maximum Gasteiger partial charge on any atom is 0.238 e. The topological polar surface area (TPSA) is 57.7 Å². The fraction of sp³-hybridized carbons (Fsp3) is 0.588. The zero-order valence-corrected chi connectivity index (χ0v) is 14.2. The highest BCUT2D eigenvalue weighted by Gasteiger charge is 2.33. The summed E-state index contributed by atoms with van der Waals surface area (Å²) in [7, 11) is -3.21. The van der Waals surface area contributed by atoms with Crippen LogP contribution < -0.4 is 0 Å². The molecular weight excluding hydrogens is 312 g/mol. The zero-order valence-electron chi connectivity index (χ0n) is 13.4. The van der Waals surface area contributed by atoms with E-state index in [1.807, 2.05) is 23.1 Å². The molecule has 23 heavy (non-hydrogen) atoms. The van der Waals surface area contributed by atoms with Gasteiger partial charge in [0.25, 0.3) is 0 Å². The molecule has 2 aliphatic rings. The van der Waals surface area contributed by atoms with E-state index in [9.17, 15) is 13.2 Å². The summed E-state index contributed by atoms with van der Waals surface area (Å²) in [5, 5.41) is 0. The molecule has 5 nitrogen and oxygen atoms in total. The molecule has 1 atom stereocenters. The fourth-order valence-electron chi connectivity index (χ4n) is 3.54. The van der Waals surface area contributed by atoms with Crippen molar-refractivity contribution >= 4 is 15.9 Å². The Labute approximate surface area is 138 Å². The lowest BCUT2D eigenvalue weighted by Gasteiger charge is -2.36. The molecule has 1 aromatic rings. The summed E-state index contributed by atoms with van der Waals surface area (Å²) in [6.45, 7) is 1.23. The molecule has 0 aliphatic carbocycles. The van der Waals surface area contributed by atoms with Gasteiger partial charge in [-0.15, -0.1) is 0 Å². The first-order valence-electron chi connectivity index (χ1n) is 8.37. The van der Waals surface area contributed by atoms with E-state index in [1.54, 1.807) is 0 Å². The van der Waals surface area contributed by atoms with Gasteiger partial charge in [0.05, 0.1) is 12.3 Å². The Morgan fingerprint density at radius 2 is 1.87 bits per heavy atom. The molecule has 0 N–H and O–H groups in total. The van der Waals surface area contributed by atoms with Gasteiger partial charge in [0.2, 0.25) is 15.9 Å². The molecule has 126 valence electrons. The first-order chi connectivity index (χ1) is 11.1. The molecule has 0 unspecified atom stereocenters. The molecule has 1 aromatic carbocycles. The van der Waals surface area contributed by atoms with Crippen molar-refractivity contribution in [2.45, 2.75) is 38.1 Å².